The molecule has 25 heavy (non-hydrogen) atoms. The molecule has 0 radical (unpaired) electrons. The second kappa shape index (κ2) is 18.7. The van der Waals surface area contributed by atoms with Gasteiger partial charge in [-0.1, -0.05) is 96.8 Å². The van der Waals surface area contributed by atoms with E-state index in [1.165, 1.54) is 122 Å². The van der Waals surface area contributed by atoms with E-state index >= 15 is 0 Å². The molecule has 150 valence electrons. The van der Waals surface area contributed by atoms with Crippen molar-refractivity contribution in [3.63, 3.8) is 0 Å². The van der Waals surface area contributed by atoms with E-state index in [0.717, 1.165) is 0 Å². The Kier molecular flexibility index (Phi) is 18.7. The summed E-state index contributed by atoms with van der Waals surface area (Å²) in [6, 6.07) is 0. The summed E-state index contributed by atoms with van der Waals surface area (Å²) in [5.41, 5.74) is 0. The molecule has 3 heteroatoms. The van der Waals surface area contributed by atoms with E-state index in [9.17, 15) is 0 Å². The third-order valence-corrected chi connectivity index (χ3v) is 5.40. The fourth-order valence-corrected chi connectivity index (χ4v) is 3.71. The first-order valence-electron chi connectivity index (χ1n) is 11.1. The third kappa shape index (κ3) is 15.9. The number of nitrogens with zero attached hydrogens (tertiary/aromatic N) is 2. The Morgan fingerprint density at radius 3 is 1.44 bits per heavy atom. The molecule has 1 aliphatic rings. The standard InChI is InChI=1S/C22H45N2.BrH/c1-3-4-5-6-7-8-9-10-11-12-13-14-15-16-17-18-19-24-21-20-23(2)22-24;/h22H,3-21H2,1-2H3;1H/q+1;/p-1. The van der Waals surface area contributed by atoms with Gasteiger partial charge in [0, 0.05) is 0 Å². The van der Waals surface area contributed by atoms with E-state index in [1.807, 2.05) is 0 Å². The Hall–Kier alpha value is -0.0500. The van der Waals surface area contributed by atoms with Crippen molar-refractivity contribution in [3.05, 3.63) is 0 Å². The predicted molar refractivity (Wildman–Crippen MR) is 108 cm³/mol. The number of hydrogen-bond acceptors (Lipinski definition) is 1. The smallest absolute Gasteiger partial charge is 0.234 e. The van der Waals surface area contributed by atoms with E-state index in [1.54, 1.807) is 0 Å². The normalized spacial score (nSPS) is 13.8. The average molecular weight is 418 g/mol. The summed E-state index contributed by atoms with van der Waals surface area (Å²) in [5.74, 6) is 0. The Labute approximate surface area is 169 Å². The molecule has 0 saturated heterocycles. The molecule has 0 bridgehead atoms. The van der Waals surface area contributed by atoms with Crippen LogP contribution < -0.4 is 17.0 Å². The van der Waals surface area contributed by atoms with Crippen LogP contribution in [0.25, 0.3) is 0 Å². The Balaban J connectivity index is 0.00000576. The summed E-state index contributed by atoms with van der Waals surface area (Å²) in [7, 11) is 2.17. The highest BCUT2D eigenvalue weighted by molar-refractivity contribution is 5.50. The molecule has 1 aliphatic heterocycles. The van der Waals surface area contributed by atoms with Crippen LogP contribution in [0.4, 0.5) is 0 Å². The van der Waals surface area contributed by atoms with E-state index in [-0.39, 0.29) is 17.0 Å². The molecule has 0 fully saturated rings. The van der Waals surface area contributed by atoms with Crippen molar-refractivity contribution in [2.75, 3.05) is 26.7 Å². The van der Waals surface area contributed by atoms with Crippen LogP contribution in [-0.4, -0.2) is 42.5 Å². The lowest BCUT2D eigenvalue weighted by Gasteiger charge is -2.06. The Morgan fingerprint density at radius 2 is 1.08 bits per heavy atom. The van der Waals surface area contributed by atoms with Crippen LogP contribution in [0.1, 0.15) is 110 Å². The number of rotatable bonds is 17. The van der Waals surface area contributed by atoms with E-state index < -0.39 is 0 Å². The molecular formula is C22H45BrN2. The summed E-state index contributed by atoms with van der Waals surface area (Å²) in [6.07, 6.45) is 25.5. The van der Waals surface area contributed by atoms with Crippen LogP contribution in [-0.2, 0) is 0 Å². The second-order valence-electron chi connectivity index (χ2n) is 7.94. The fourth-order valence-electron chi connectivity index (χ4n) is 3.71. The van der Waals surface area contributed by atoms with Gasteiger partial charge in [-0.2, -0.15) is 0 Å². The van der Waals surface area contributed by atoms with Gasteiger partial charge < -0.3 is 17.0 Å². The highest BCUT2D eigenvalue weighted by atomic mass is 79.9. The minimum Gasteiger partial charge on any atom is -1.00 e. The zero-order valence-corrected chi connectivity index (χ0v) is 18.9. The lowest BCUT2D eigenvalue weighted by atomic mass is 10.0. The zero-order chi connectivity index (χ0) is 17.3. The van der Waals surface area contributed by atoms with Crippen LogP contribution >= 0.6 is 0 Å². The monoisotopic (exact) mass is 416 g/mol. The average Bonchev–Trinajstić information content (AvgIpc) is 3.00. The van der Waals surface area contributed by atoms with Gasteiger partial charge in [-0.25, -0.2) is 0 Å². The highest BCUT2D eigenvalue weighted by Gasteiger charge is 2.14. The number of halogens is 1. The van der Waals surface area contributed by atoms with Gasteiger partial charge >= 0.3 is 0 Å². The molecule has 1 heterocycles. The molecule has 2 nitrogen and oxygen atoms in total. The van der Waals surface area contributed by atoms with Crippen molar-refractivity contribution in [3.8, 4) is 0 Å². The van der Waals surface area contributed by atoms with Gasteiger partial charge in [-0.3, -0.25) is 9.48 Å². The molecule has 1 rings (SSSR count). The maximum Gasteiger partial charge on any atom is 0.234 e. The summed E-state index contributed by atoms with van der Waals surface area (Å²) in [6.45, 7) is 6.00. The van der Waals surface area contributed by atoms with E-state index in [2.05, 4.69) is 29.8 Å². The van der Waals surface area contributed by atoms with Crippen LogP contribution in [0, 0.1) is 0 Å². The summed E-state index contributed by atoms with van der Waals surface area (Å²) >= 11 is 0. The molecule has 0 aliphatic carbocycles. The van der Waals surface area contributed by atoms with E-state index in [0.29, 0.717) is 0 Å². The molecule has 0 unspecified atom stereocenters. The second-order valence-corrected chi connectivity index (χ2v) is 7.94. The first-order valence-corrected chi connectivity index (χ1v) is 11.1. The van der Waals surface area contributed by atoms with Crippen molar-refractivity contribution in [1.29, 1.82) is 0 Å². The highest BCUT2D eigenvalue weighted by Crippen LogP contribution is 2.13. The maximum absolute atomic E-state index is 2.48. The SMILES string of the molecule is CCCCCCCCCCCCCCCCCCN1C=[N+](C)CC1.[Br-]. The molecule has 0 aromatic carbocycles. The minimum absolute atomic E-state index is 0. The van der Waals surface area contributed by atoms with Crippen molar-refractivity contribution in [2.24, 2.45) is 0 Å². The van der Waals surface area contributed by atoms with Gasteiger partial charge in [0.15, 0.2) is 0 Å². The van der Waals surface area contributed by atoms with Crippen LogP contribution in [0.2, 0.25) is 0 Å². The largest absolute Gasteiger partial charge is 1.00 e. The number of unbranched alkanes of at least 4 members (excludes halogenated alkanes) is 15. The zero-order valence-electron chi connectivity index (χ0n) is 17.3. The molecule has 0 amide bonds. The van der Waals surface area contributed by atoms with Gasteiger partial charge in [-0.05, 0) is 12.8 Å². The van der Waals surface area contributed by atoms with Gasteiger partial charge in [0.05, 0.1) is 13.6 Å². The fraction of sp³-hybridized carbons (Fsp3) is 0.955. The Bertz CT molecular complexity index is 304. The predicted octanol–water partition coefficient (Wildman–Crippen LogP) is 3.24. The molecule has 0 aromatic rings. The lowest BCUT2D eigenvalue weighted by Crippen LogP contribution is -3.00. The Morgan fingerprint density at radius 1 is 0.680 bits per heavy atom. The summed E-state index contributed by atoms with van der Waals surface area (Å²) in [5, 5.41) is 0. The number of hydrogen-bond donors (Lipinski definition) is 0. The van der Waals surface area contributed by atoms with Gasteiger partial charge in [0.1, 0.15) is 13.1 Å². The van der Waals surface area contributed by atoms with Gasteiger partial charge in [-0.15, -0.1) is 0 Å². The van der Waals surface area contributed by atoms with Crippen LogP contribution in [0.5, 0.6) is 0 Å². The van der Waals surface area contributed by atoms with Gasteiger partial charge in [0.25, 0.3) is 0 Å². The number of likely N-dealkylation sites (N-methyl/N-ethyl adjacent to an activating group) is 1. The molecule has 0 atom stereocenters. The van der Waals surface area contributed by atoms with Crippen molar-refractivity contribution in [1.82, 2.24) is 4.90 Å². The van der Waals surface area contributed by atoms with Gasteiger partial charge in [0.2, 0.25) is 6.34 Å². The first kappa shape index (κ1) is 24.9. The summed E-state index contributed by atoms with van der Waals surface area (Å²) in [4.78, 5) is 2.48. The topological polar surface area (TPSA) is 6.25 Å². The third-order valence-electron chi connectivity index (χ3n) is 5.40. The van der Waals surface area contributed by atoms with E-state index in [4.69, 9.17) is 0 Å². The van der Waals surface area contributed by atoms with Crippen LogP contribution in [0.15, 0.2) is 0 Å². The maximum atomic E-state index is 2.48. The van der Waals surface area contributed by atoms with Crippen molar-refractivity contribution in [2.45, 2.75) is 110 Å². The molecule has 0 spiro atoms. The molecule has 0 aromatic heterocycles. The van der Waals surface area contributed by atoms with Crippen LogP contribution in [0.3, 0.4) is 0 Å². The minimum atomic E-state index is 0. The summed E-state index contributed by atoms with van der Waals surface area (Å²) < 4.78 is 2.30. The molecular weight excluding hydrogens is 372 g/mol. The van der Waals surface area contributed by atoms with Crippen molar-refractivity contribution >= 4 is 6.34 Å². The van der Waals surface area contributed by atoms with Crippen molar-refractivity contribution < 1.29 is 21.6 Å². The molecule has 0 N–H and O–H groups in total. The molecule has 0 saturated carbocycles. The first-order chi connectivity index (χ1) is 11.8. The quantitative estimate of drug-likeness (QED) is 0.260. The lowest BCUT2D eigenvalue weighted by molar-refractivity contribution is -0.482.